The van der Waals surface area contributed by atoms with E-state index in [1.54, 1.807) is 0 Å². The Labute approximate surface area is 148 Å². The highest BCUT2D eigenvalue weighted by Gasteiger charge is 2.08. The molecule has 0 radical (unpaired) electrons. The van der Waals surface area contributed by atoms with Crippen molar-refractivity contribution in [3.63, 3.8) is 0 Å². The Morgan fingerprint density at radius 1 is 1.08 bits per heavy atom. The molecule has 124 valence electrons. The molecule has 25 heavy (non-hydrogen) atoms. The first-order valence-corrected chi connectivity index (χ1v) is 8.64. The van der Waals surface area contributed by atoms with Crippen LogP contribution in [0.4, 0.5) is 0 Å². The Hall–Kier alpha value is -2.99. The van der Waals surface area contributed by atoms with Gasteiger partial charge in [0.05, 0.1) is 0 Å². The van der Waals surface area contributed by atoms with Crippen LogP contribution in [0.5, 0.6) is 0 Å². The molecule has 2 heterocycles. The van der Waals surface area contributed by atoms with Gasteiger partial charge < -0.3 is 9.25 Å². The molecule has 0 saturated heterocycles. The molecule has 0 N–H and O–H groups in total. The summed E-state index contributed by atoms with van der Waals surface area (Å²) in [6.07, 6.45) is 0. The average Bonchev–Trinajstić information content (AvgIpc) is 3.29. The first-order valence-electron chi connectivity index (χ1n) is 7.83. The van der Waals surface area contributed by atoms with Crippen LogP contribution < -0.4 is 0 Å². The monoisotopic (exact) mass is 349 g/mol. The minimum atomic E-state index is 0.280. The first-order chi connectivity index (χ1) is 12.3. The largest absolute Gasteiger partial charge is 0.455 e. The first kappa shape index (κ1) is 15.5. The lowest BCUT2D eigenvalue weighted by Crippen LogP contribution is -1.94. The normalized spacial score (nSPS) is 11.8. The summed E-state index contributed by atoms with van der Waals surface area (Å²) < 4.78 is 5.76. The van der Waals surface area contributed by atoms with E-state index < -0.39 is 0 Å². The van der Waals surface area contributed by atoms with Crippen LogP contribution in [-0.2, 0) is 11.4 Å². The van der Waals surface area contributed by atoms with Gasteiger partial charge in [-0.05, 0) is 19.1 Å². The predicted molar refractivity (Wildman–Crippen MR) is 98.6 cm³/mol. The van der Waals surface area contributed by atoms with Gasteiger partial charge in [-0.2, -0.15) is 0 Å². The van der Waals surface area contributed by atoms with E-state index in [1.165, 1.54) is 11.3 Å². The molecule has 0 saturated carbocycles. The van der Waals surface area contributed by atoms with Gasteiger partial charge in [-0.3, -0.25) is 0 Å². The van der Waals surface area contributed by atoms with Crippen molar-refractivity contribution >= 4 is 28.0 Å². The molecule has 2 aromatic carbocycles. The number of oxime groups is 1. The summed E-state index contributed by atoms with van der Waals surface area (Å²) >= 11 is 1.50. The molecule has 4 aromatic rings. The van der Waals surface area contributed by atoms with Crippen molar-refractivity contribution in [3.05, 3.63) is 71.4 Å². The standard InChI is InChI=1S/C19H15N3O2S/c1-13(17-11-15-9-5-6-10-16(15)24-17)22-23-12-18-20-21-19(25-18)14-7-3-2-4-8-14/h2-11H,12H2,1H3. The summed E-state index contributed by atoms with van der Waals surface area (Å²) in [5.41, 5.74) is 2.57. The highest BCUT2D eigenvalue weighted by atomic mass is 32.1. The Bertz CT molecular complexity index is 988. The molecule has 0 aliphatic carbocycles. The zero-order valence-corrected chi connectivity index (χ0v) is 14.4. The number of rotatable bonds is 5. The number of para-hydroxylation sites is 1. The van der Waals surface area contributed by atoms with Gasteiger partial charge in [0.2, 0.25) is 0 Å². The minimum absolute atomic E-state index is 0.280. The van der Waals surface area contributed by atoms with E-state index in [9.17, 15) is 0 Å². The van der Waals surface area contributed by atoms with E-state index in [4.69, 9.17) is 9.25 Å². The van der Waals surface area contributed by atoms with Gasteiger partial charge in [0.1, 0.15) is 16.3 Å². The van der Waals surface area contributed by atoms with E-state index >= 15 is 0 Å². The van der Waals surface area contributed by atoms with Crippen molar-refractivity contribution in [2.45, 2.75) is 13.5 Å². The van der Waals surface area contributed by atoms with Crippen molar-refractivity contribution < 1.29 is 9.25 Å². The maximum atomic E-state index is 5.76. The van der Waals surface area contributed by atoms with Crippen LogP contribution in [0.1, 0.15) is 17.7 Å². The van der Waals surface area contributed by atoms with Gasteiger partial charge >= 0.3 is 0 Å². The summed E-state index contributed by atoms with van der Waals surface area (Å²) in [5, 5.41) is 15.2. The lowest BCUT2D eigenvalue weighted by Gasteiger charge is -1.97. The quantitative estimate of drug-likeness (QED) is 0.380. The summed E-state index contributed by atoms with van der Waals surface area (Å²) in [6.45, 7) is 2.13. The number of hydrogen-bond donors (Lipinski definition) is 0. The number of nitrogens with zero attached hydrogens (tertiary/aromatic N) is 3. The van der Waals surface area contributed by atoms with Gasteiger partial charge in [-0.15, -0.1) is 10.2 Å². The lowest BCUT2D eigenvalue weighted by molar-refractivity contribution is 0.129. The smallest absolute Gasteiger partial charge is 0.170 e. The fraction of sp³-hybridized carbons (Fsp3) is 0.105. The second-order valence-corrected chi connectivity index (χ2v) is 6.53. The molecule has 0 aliphatic heterocycles. The second-order valence-electron chi connectivity index (χ2n) is 5.47. The van der Waals surface area contributed by atoms with Crippen LogP contribution in [0, 0.1) is 0 Å². The predicted octanol–water partition coefficient (Wildman–Crippen LogP) is 4.89. The molecule has 2 aromatic heterocycles. The third kappa shape index (κ3) is 3.44. The maximum absolute atomic E-state index is 5.76. The van der Waals surface area contributed by atoms with Crippen molar-refractivity contribution in [2.24, 2.45) is 5.16 Å². The lowest BCUT2D eigenvalue weighted by atomic mass is 10.2. The molecule has 0 aliphatic rings. The molecular weight excluding hydrogens is 334 g/mol. The Morgan fingerprint density at radius 3 is 2.72 bits per heavy atom. The van der Waals surface area contributed by atoms with Crippen molar-refractivity contribution in [3.8, 4) is 10.6 Å². The van der Waals surface area contributed by atoms with Crippen LogP contribution in [0.3, 0.4) is 0 Å². The SMILES string of the molecule is CC(=NOCc1nnc(-c2ccccc2)s1)c1cc2ccccc2o1. The molecule has 0 spiro atoms. The van der Waals surface area contributed by atoms with Crippen LogP contribution in [0.15, 0.2) is 70.2 Å². The van der Waals surface area contributed by atoms with Gasteiger partial charge in [-0.1, -0.05) is 65.0 Å². The third-order valence-electron chi connectivity index (χ3n) is 3.66. The topological polar surface area (TPSA) is 60.5 Å². The molecule has 0 fully saturated rings. The highest BCUT2D eigenvalue weighted by molar-refractivity contribution is 7.14. The summed E-state index contributed by atoms with van der Waals surface area (Å²) in [7, 11) is 0. The molecule has 0 amide bonds. The number of aromatic nitrogens is 2. The molecule has 0 bridgehead atoms. The fourth-order valence-corrected chi connectivity index (χ4v) is 3.15. The average molecular weight is 349 g/mol. The molecule has 5 nitrogen and oxygen atoms in total. The highest BCUT2D eigenvalue weighted by Crippen LogP contribution is 2.23. The molecule has 4 rings (SSSR count). The molecule has 0 unspecified atom stereocenters. The van der Waals surface area contributed by atoms with Crippen LogP contribution in [0.2, 0.25) is 0 Å². The van der Waals surface area contributed by atoms with E-state index in [1.807, 2.05) is 67.6 Å². The Balaban J connectivity index is 1.43. The molecule has 0 atom stereocenters. The minimum Gasteiger partial charge on any atom is -0.455 e. The van der Waals surface area contributed by atoms with Crippen LogP contribution in [-0.4, -0.2) is 15.9 Å². The van der Waals surface area contributed by atoms with E-state index in [0.717, 1.165) is 26.5 Å². The number of benzene rings is 2. The number of hydrogen-bond acceptors (Lipinski definition) is 6. The summed E-state index contributed by atoms with van der Waals surface area (Å²) in [4.78, 5) is 5.42. The second kappa shape index (κ2) is 6.86. The third-order valence-corrected chi connectivity index (χ3v) is 4.61. The summed E-state index contributed by atoms with van der Waals surface area (Å²) in [5.74, 6) is 0.698. The Morgan fingerprint density at radius 2 is 1.88 bits per heavy atom. The maximum Gasteiger partial charge on any atom is 0.170 e. The zero-order chi connectivity index (χ0) is 17.1. The summed E-state index contributed by atoms with van der Waals surface area (Å²) in [6, 6.07) is 19.8. The number of fused-ring (bicyclic) bond motifs is 1. The van der Waals surface area contributed by atoms with Crippen molar-refractivity contribution in [1.29, 1.82) is 0 Å². The van der Waals surface area contributed by atoms with E-state index in [-0.39, 0.29) is 6.61 Å². The van der Waals surface area contributed by atoms with E-state index in [2.05, 4.69) is 15.4 Å². The van der Waals surface area contributed by atoms with Gasteiger partial charge in [0, 0.05) is 10.9 Å². The van der Waals surface area contributed by atoms with Gasteiger partial charge in [0.15, 0.2) is 17.4 Å². The zero-order valence-electron chi connectivity index (χ0n) is 13.5. The number of furan rings is 1. The van der Waals surface area contributed by atoms with Gasteiger partial charge in [-0.25, -0.2) is 0 Å². The van der Waals surface area contributed by atoms with Crippen LogP contribution in [0.25, 0.3) is 21.5 Å². The molecular formula is C19H15N3O2S. The van der Waals surface area contributed by atoms with Crippen molar-refractivity contribution in [1.82, 2.24) is 10.2 Å². The molecule has 6 heteroatoms. The Kier molecular flexibility index (Phi) is 4.26. The van der Waals surface area contributed by atoms with E-state index in [0.29, 0.717) is 11.5 Å². The van der Waals surface area contributed by atoms with Crippen molar-refractivity contribution in [2.75, 3.05) is 0 Å². The van der Waals surface area contributed by atoms with Gasteiger partial charge in [0.25, 0.3) is 0 Å². The van der Waals surface area contributed by atoms with Crippen LogP contribution >= 0.6 is 11.3 Å². The fourth-order valence-electron chi connectivity index (χ4n) is 2.40.